The molecule has 1 aliphatic rings. The van der Waals surface area contributed by atoms with Crippen LogP contribution in [0.4, 0.5) is 17.3 Å². The highest BCUT2D eigenvalue weighted by Gasteiger charge is 2.15. The monoisotopic (exact) mass is 314 g/mol. The smallest absolute Gasteiger partial charge is 0.142 e. The predicted molar refractivity (Wildman–Crippen MR) is 91.0 cm³/mol. The number of benzene rings is 1. The molecule has 1 fully saturated rings. The first kappa shape index (κ1) is 15.4. The molecule has 0 spiro atoms. The Hall–Kier alpha value is -2.50. The third-order valence-electron chi connectivity index (χ3n) is 3.92. The zero-order chi connectivity index (χ0) is 16.2. The number of nitrogens with one attached hydrogen (secondary N) is 1. The predicted octanol–water partition coefficient (Wildman–Crippen LogP) is 3.15. The Morgan fingerprint density at radius 1 is 1.04 bits per heavy atom. The Kier molecular flexibility index (Phi) is 4.50. The summed E-state index contributed by atoms with van der Waals surface area (Å²) in [5.74, 6) is 3.98. The van der Waals surface area contributed by atoms with Gasteiger partial charge in [0.15, 0.2) is 0 Å². The SMILES string of the molecule is COc1ccc(OC)c(Nc2cc(N3CCCC3)nc(C)n2)c1. The van der Waals surface area contributed by atoms with Gasteiger partial charge in [0.2, 0.25) is 0 Å². The molecule has 2 heterocycles. The summed E-state index contributed by atoms with van der Waals surface area (Å²) < 4.78 is 10.7. The van der Waals surface area contributed by atoms with Crippen LogP contribution in [0.1, 0.15) is 18.7 Å². The first-order valence-corrected chi connectivity index (χ1v) is 7.79. The number of anilines is 3. The molecular formula is C17H22N4O2. The average Bonchev–Trinajstić information content (AvgIpc) is 3.08. The molecule has 1 aliphatic heterocycles. The fraction of sp³-hybridized carbons (Fsp3) is 0.412. The van der Waals surface area contributed by atoms with Gasteiger partial charge in [-0.15, -0.1) is 0 Å². The van der Waals surface area contributed by atoms with Crippen molar-refractivity contribution in [3.63, 3.8) is 0 Å². The van der Waals surface area contributed by atoms with Gasteiger partial charge in [-0.2, -0.15) is 0 Å². The topological polar surface area (TPSA) is 59.5 Å². The third-order valence-corrected chi connectivity index (χ3v) is 3.92. The van der Waals surface area contributed by atoms with Crippen LogP contribution in [0, 0.1) is 6.92 Å². The first-order chi connectivity index (χ1) is 11.2. The number of hydrogen-bond donors (Lipinski definition) is 1. The number of ether oxygens (including phenoxy) is 2. The van der Waals surface area contributed by atoms with E-state index in [1.807, 2.05) is 31.2 Å². The maximum Gasteiger partial charge on any atom is 0.142 e. The van der Waals surface area contributed by atoms with Crippen molar-refractivity contribution >= 4 is 17.3 Å². The zero-order valence-electron chi connectivity index (χ0n) is 13.8. The van der Waals surface area contributed by atoms with Crippen molar-refractivity contribution in [2.24, 2.45) is 0 Å². The zero-order valence-corrected chi connectivity index (χ0v) is 13.8. The Labute approximate surface area is 136 Å². The van der Waals surface area contributed by atoms with Gasteiger partial charge >= 0.3 is 0 Å². The van der Waals surface area contributed by atoms with Crippen LogP contribution < -0.4 is 19.7 Å². The van der Waals surface area contributed by atoms with E-state index in [9.17, 15) is 0 Å². The van der Waals surface area contributed by atoms with Crippen molar-refractivity contribution in [3.8, 4) is 11.5 Å². The van der Waals surface area contributed by atoms with E-state index in [2.05, 4.69) is 20.2 Å². The largest absolute Gasteiger partial charge is 0.497 e. The van der Waals surface area contributed by atoms with Crippen LogP contribution in [0.15, 0.2) is 24.3 Å². The summed E-state index contributed by atoms with van der Waals surface area (Å²) >= 11 is 0. The van der Waals surface area contributed by atoms with Crippen LogP contribution in [-0.2, 0) is 0 Å². The molecule has 1 aromatic heterocycles. The molecule has 0 atom stereocenters. The molecule has 0 unspecified atom stereocenters. The average molecular weight is 314 g/mol. The summed E-state index contributed by atoms with van der Waals surface area (Å²) in [4.78, 5) is 11.3. The summed E-state index contributed by atoms with van der Waals surface area (Å²) in [5, 5.41) is 3.32. The Balaban J connectivity index is 1.90. The van der Waals surface area contributed by atoms with Gasteiger partial charge in [0.05, 0.1) is 19.9 Å². The molecule has 0 radical (unpaired) electrons. The lowest BCUT2D eigenvalue weighted by Crippen LogP contribution is -2.19. The summed E-state index contributed by atoms with van der Waals surface area (Å²) in [5.41, 5.74) is 0.817. The van der Waals surface area contributed by atoms with Gasteiger partial charge in [0.1, 0.15) is 29.0 Å². The quantitative estimate of drug-likeness (QED) is 0.915. The highest BCUT2D eigenvalue weighted by Crippen LogP contribution is 2.32. The molecule has 1 aromatic carbocycles. The minimum Gasteiger partial charge on any atom is -0.497 e. The highest BCUT2D eigenvalue weighted by atomic mass is 16.5. The van der Waals surface area contributed by atoms with E-state index in [0.29, 0.717) is 0 Å². The Morgan fingerprint density at radius 3 is 2.52 bits per heavy atom. The lowest BCUT2D eigenvalue weighted by molar-refractivity contribution is 0.405. The van der Waals surface area contributed by atoms with E-state index in [4.69, 9.17) is 9.47 Å². The molecule has 0 amide bonds. The van der Waals surface area contributed by atoms with E-state index in [1.165, 1.54) is 12.8 Å². The van der Waals surface area contributed by atoms with Crippen LogP contribution in [0.5, 0.6) is 11.5 Å². The molecule has 0 aliphatic carbocycles. The summed E-state index contributed by atoms with van der Waals surface area (Å²) in [6.45, 7) is 4.02. The highest BCUT2D eigenvalue weighted by molar-refractivity contribution is 5.67. The third kappa shape index (κ3) is 3.47. The molecular weight excluding hydrogens is 292 g/mol. The van der Waals surface area contributed by atoms with E-state index in [0.717, 1.165) is 47.7 Å². The Morgan fingerprint density at radius 2 is 1.83 bits per heavy atom. The molecule has 1 N–H and O–H groups in total. The van der Waals surface area contributed by atoms with Crippen LogP contribution in [0.2, 0.25) is 0 Å². The maximum absolute atomic E-state index is 5.41. The number of hydrogen-bond acceptors (Lipinski definition) is 6. The van der Waals surface area contributed by atoms with E-state index >= 15 is 0 Å². The first-order valence-electron chi connectivity index (χ1n) is 7.79. The molecule has 2 aromatic rings. The Bertz CT molecular complexity index is 684. The van der Waals surface area contributed by atoms with Gasteiger partial charge in [0.25, 0.3) is 0 Å². The summed E-state index contributed by atoms with van der Waals surface area (Å²) in [6.07, 6.45) is 2.44. The standard InChI is InChI=1S/C17H22N4O2/c1-12-18-16(11-17(19-12)21-8-4-5-9-21)20-14-10-13(22-2)6-7-15(14)23-3/h6-7,10-11H,4-5,8-9H2,1-3H3,(H,18,19,20). The van der Waals surface area contributed by atoms with E-state index < -0.39 is 0 Å². The molecule has 3 rings (SSSR count). The lowest BCUT2D eigenvalue weighted by atomic mass is 10.2. The molecule has 6 nitrogen and oxygen atoms in total. The lowest BCUT2D eigenvalue weighted by Gasteiger charge is -2.18. The van der Waals surface area contributed by atoms with Gasteiger partial charge in [-0.1, -0.05) is 0 Å². The number of aromatic nitrogens is 2. The van der Waals surface area contributed by atoms with Gasteiger partial charge in [-0.05, 0) is 31.9 Å². The second kappa shape index (κ2) is 6.73. The van der Waals surface area contributed by atoms with Gasteiger partial charge < -0.3 is 19.7 Å². The minimum atomic E-state index is 0.741. The molecule has 0 saturated carbocycles. The number of methoxy groups -OCH3 is 2. The number of rotatable bonds is 5. The summed E-state index contributed by atoms with van der Waals surface area (Å²) in [6, 6.07) is 7.62. The van der Waals surface area contributed by atoms with Crippen molar-refractivity contribution in [2.45, 2.75) is 19.8 Å². The normalized spacial score (nSPS) is 14.0. The van der Waals surface area contributed by atoms with Crippen molar-refractivity contribution in [1.82, 2.24) is 9.97 Å². The van der Waals surface area contributed by atoms with Crippen LogP contribution >= 0.6 is 0 Å². The number of aryl methyl sites for hydroxylation is 1. The minimum absolute atomic E-state index is 0.741. The molecule has 6 heteroatoms. The van der Waals surface area contributed by atoms with E-state index in [-0.39, 0.29) is 0 Å². The van der Waals surface area contributed by atoms with E-state index in [1.54, 1.807) is 14.2 Å². The molecule has 23 heavy (non-hydrogen) atoms. The molecule has 122 valence electrons. The second-order valence-electron chi connectivity index (χ2n) is 5.54. The molecule has 0 bridgehead atoms. The van der Waals surface area contributed by atoms with Crippen molar-refractivity contribution < 1.29 is 9.47 Å². The fourth-order valence-corrected chi connectivity index (χ4v) is 2.77. The van der Waals surface area contributed by atoms with Crippen LogP contribution in [0.3, 0.4) is 0 Å². The second-order valence-corrected chi connectivity index (χ2v) is 5.54. The van der Waals surface area contributed by atoms with Crippen molar-refractivity contribution in [2.75, 3.05) is 37.5 Å². The fourth-order valence-electron chi connectivity index (χ4n) is 2.77. The number of nitrogens with zero attached hydrogens (tertiary/aromatic N) is 3. The summed E-state index contributed by atoms with van der Waals surface area (Å²) in [7, 11) is 3.29. The van der Waals surface area contributed by atoms with Crippen LogP contribution in [-0.4, -0.2) is 37.3 Å². The maximum atomic E-state index is 5.41. The van der Waals surface area contributed by atoms with Crippen molar-refractivity contribution in [1.29, 1.82) is 0 Å². The van der Waals surface area contributed by atoms with Gasteiger partial charge in [-0.25, -0.2) is 9.97 Å². The van der Waals surface area contributed by atoms with Crippen molar-refractivity contribution in [3.05, 3.63) is 30.1 Å². The van der Waals surface area contributed by atoms with Gasteiger partial charge in [-0.3, -0.25) is 0 Å². The molecule has 1 saturated heterocycles. The van der Waals surface area contributed by atoms with Gasteiger partial charge in [0, 0.05) is 25.2 Å². The van der Waals surface area contributed by atoms with Crippen LogP contribution in [0.25, 0.3) is 0 Å².